The Morgan fingerprint density at radius 3 is 2.65 bits per heavy atom. The van der Waals surface area contributed by atoms with Gasteiger partial charge in [-0.3, -0.25) is 9.59 Å². The molecule has 2 amide bonds. The first-order chi connectivity index (χ1) is 12.6. The number of hydrogen-bond acceptors (Lipinski definition) is 5. The van der Waals surface area contributed by atoms with Gasteiger partial charge in [-0.1, -0.05) is 6.07 Å². The molecule has 26 heavy (non-hydrogen) atoms. The van der Waals surface area contributed by atoms with E-state index in [0.29, 0.717) is 17.9 Å². The molecule has 3 aromatic rings. The maximum atomic E-state index is 12.2. The van der Waals surface area contributed by atoms with Crippen LogP contribution in [0.3, 0.4) is 0 Å². The molecule has 0 radical (unpaired) electrons. The zero-order chi connectivity index (χ0) is 18.4. The Hall–Kier alpha value is -3.06. The number of amides is 2. The van der Waals surface area contributed by atoms with Crippen molar-refractivity contribution in [3.8, 4) is 5.75 Å². The largest absolute Gasteiger partial charge is 0.488 e. The second-order valence-electron chi connectivity index (χ2n) is 5.59. The van der Waals surface area contributed by atoms with Crippen molar-refractivity contribution in [3.05, 3.63) is 70.8 Å². The number of rotatable bonds is 7. The third kappa shape index (κ3) is 4.73. The maximum absolute atomic E-state index is 12.2. The molecule has 0 aliphatic heterocycles. The highest BCUT2D eigenvalue weighted by atomic mass is 32.1. The SMILES string of the molecule is C[C@H](NC(=O)c1ccoc1)C(=O)Nc1ccc(OCc2cccs2)cc1. The van der Waals surface area contributed by atoms with E-state index in [1.165, 1.54) is 18.6 Å². The Balaban J connectivity index is 1.49. The van der Waals surface area contributed by atoms with Crippen LogP contribution in [0.1, 0.15) is 22.2 Å². The summed E-state index contributed by atoms with van der Waals surface area (Å²) in [5, 5.41) is 7.38. The average molecular weight is 370 g/mol. The molecule has 0 spiro atoms. The molecule has 0 fully saturated rings. The van der Waals surface area contributed by atoms with Crippen molar-refractivity contribution in [2.75, 3.05) is 5.32 Å². The molecule has 2 heterocycles. The van der Waals surface area contributed by atoms with Gasteiger partial charge in [0.25, 0.3) is 5.91 Å². The minimum atomic E-state index is -0.688. The molecule has 134 valence electrons. The fourth-order valence-electron chi connectivity index (χ4n) is 2.17. The van der Waals surface area contributed by atoms with Gasteiger partial charge >= 0.3 is 0 Å². The lowest BCUT2D eigenvalue weighted by Crippen LogP contribution is -2.41. The summed E-state index contributed by atoms with van der Waals surface area (Å²) in [4.78, 5) is 25.3. The number of furan rings is 1. The minimum Gasteiger partial charge on any atom is -0.488 e. The summed E-state index contributed by atoms with van der Waals surface area (Å²) in [6, 6.07) is 11.9. The molecule has 0 saturated heterocycles. The van der Waals surface area contributed by atoms with Crippen LogP contribution < -0.4 is 15.4 Å². The highest BCUT2D eigenvalue weighted by Gasteiger charge is 2.17. The lowest BCUT2D eigenvalue weighted by atomic mass is 10.2. The monoisotopic (exact) mass is 370 g/mol. The van der Waals surface area contributed by atoms with Crippen LogP contribution in [0.25, 0.3) is 0 Å². The Morgan fingerprint density at radius 2 is 2.00 bits per heavy atom. The summed E-state index contributed by atoms with van der Waals surface area (Å²) < 4.78 is 10.5. The zero-order valence-corrected chi connectivity index (χ0v) is 14.9. The lowest BCUT2D eigenvalue weighted by molar-refractivity contribution is -0.117. The van der Waals surface area contributed by atoms with E-state index >= 15 is 0 Å². The number of benzene rings is 1. The summed E-state index contributed by atoms with van der Waals surface area (Å²) in [5.41, 5.74) is 1.000. The van der Waals surface area contributed by atoms with Crippen LogP contribution in [-0.2, 0) is 11.4 Å². The zero-order valence-electron chi connectivity index (χ0n) is 14.1. The van der Waals surface area contributed by atoms with Gasteiger partial charge in [-0.2, -0.15) is 0 Å². The third-order valence-electron chi connectivity index (χ3n) is 3.61. The Morgan fingerprint density at radius 1 is 1.19 bits per heavy atom. The Bertz CT molecular complexity index is 842. The number of carbonyl (C=O) groups excluding carboxylic acids is 2. The van der Waals surface area contributed by atoms with Crippen LogP contribution in [0.2, 0.25) is 0 Å². The highest BCUT2D eigenvalue weighted by molar-refractivity contribution is 7.09. The highest BCUT2D eigenvalue weighted by Crippen LogP contribution is 2.18. The van der Waals surface area contributed by atoms with Crippen molar-refractivity contribution >= 4 is 28.8 Å². The number of anilines is 1. The van der Waals surface area contributed by atoms with Gasteiger partial charge in [0.15, 0.2) is 0 Å². The molecule has 6 nitrogen and oxygen atoms in total. The van der Waals surface area contributed by atoms with Gasteiger partial charge in [-0.15, -0.1) is 11.3 Å². The van der Waals surface area contributed by atoms with Crippen molar-refractivity contribution in [2.45, 2.75) is 19.6 Å². The van der Waals surface area contributed by atoms with E-state index in [2.05, 4.69) is 10.6 Å². The van der Waals surface area contributed by atoms with E-state index in [0.717, 1.165) is 10.6 Å². The summed E-state index contributed by atoms with van der Waals surface area (Å²) >= 11 is 1.64. The molecule has 0 aliphatic rings. The normalized spacial score (nSPS) is 11.6. The van der Waals surface area contributed by atoms with Crippen LogP contribution in [-0.4, -0.2) is 17.9 Å². The first-order valence-corrected chi connectivity index (χ1v) is 8.89. The Kier molecular flexibility index (Phi) is 5.70. The van der Waals surface area contributed by atoms with Gasteiger partial charge in [0.1, 0.15) is 24.7 Å². The predicted octanol–water partition coefficient (Wildman–Crippen LogP) is 3.68. The molecule has 7 heteroatoms. The Labute approximate surface area is 154 Å². The van der Waals surface area contributed by atoms with E-state index in [9.17, 15) is 9.59 Å². The first kappa shape index (κ1) is 17.8. The van der Waals surface area contributed by atoms with Crippen LogP contribution >= 0.6 is 11.3 Å². The average Bonchev–Trinajstić information content (AvgIpc) is 3.35. The van der Waals surface area contributed by atoms with E-state index in [1.807, 2.05) is 17.5 Å². The molecule has 3 rings (SSSR count). The molecule has 1 aromatic carbocycles. The molecule has 2 aromatic heterocycles. The van der Waals surface area contributed by atoms with Crippen LogP contribution in [0.4, 0.5) is 5.69 Å². The van der Waals surface area contributed by atoms with Gasteiger partial charge < -0.3 is 19.8 Å². The first-order valence-electron chi connectivity index (χ1n) is 8.01. The molecular formula is C19H18N2O4S. The van der Waals surface area contributed by atoms with Gasteiger partial charge in [-0.25, -0.2) is 0 Å². The molecule has 0 saturated carbocycles. The van der Waals surface area contributed by atoms with Crippen molar-refractivity contribution in [1.29, 1.82) is 0 Å². The fourth-order valence-corrected chi connectivity index (χ4v) is 2.79. The number of ether oxygens (including phenoxy) is 1. The van der Waals surface area contributed by atoms with Crippen LogP contribution in [0.15, 0.2) is 64.8 Å². The van der Waals surface area contributed by atoms with Gasteiger partial charge in [-0.05, 0) is 48.7 Å². The number of nitrogens with one attached hydrogen (secondary N) is 2. The summed E-state index contributed by atoms with van der Waals surface area (Å²) in [6.07, 6.45) is 2.73. The standard InChI is InChI=1S/C19H18N2O4S/c1-13(20-19(23)14-8-9-24-11-14)18(22)21-15-4-6-16(7-5-15)25-12-17-3-2-10-26-17/h2-11,13H,12H2,1H3,(H,20,23)(H,21,22)/t13-/m0/s1. The predicted molar refractivity (Wildman–Crippen MR) is 99.4 cm³/mol. The second-order valence-corrected chi connectivity index (χ2v) is 6.62. The fraction of sp³-hybridized carbons (Fsp3) is 0.158. The van der Waals surface area contributed by atoms with Crippen molar-refractivity contribution < 1.29 is 18.7 Å². The minimum absolute atomic E-state index is 0.311. The molecular weight excluding hydrogens is 352 g/mol. The molecule has 0 unspecified atom stereocenters. The van der Waals surface area contributed by atoms with Crippen LogP contribution in [0.5, 0.6) is 5.75 Å². The second kappa shape index (κ2) is 8.35. The van der Waals surface area contributed by atoms with Gasteiger partial charge in [0.2, 0.25) is 5.91 Å². The summed E-state index contributed by atoms with van der Waals surface area (Å²) in [5.74, 6) is 0.0468. The topological polar surface area (TPSA) is 80.6 Å². The molecule has 2 N–H and O–H groups in total. The molecule has 0 bridgehead atoms. The smallest absolute Gasteiger partial charge is 0.255 e. The number of thiophene rings is 1. The quantitative estimate of drug-likeness (QED) is 0.665. The van der Waals surface area contributed by atoms with E-state index in [-0.39, 0.29) is 11.8 Å². The summed E-state index contributed by atoms with van der Waals surface area (Å²) in [6.45, 7) is 2.13. The van der Waals surface area contributed by atoms with E-state index in [4.69, 9.17) is 9.15 Å². The maximum Gasteiger partial charge on any atom is 0.255 e. The van der Waals surface area contributed by atoms with Gasteiger partial charge in [0, 0.05) is 10.6 Å². The van der Waals surface area contributed by atoms with E-state index < -0.39 is 6.04 Å². The lowest BCUT2D eigenvalue weighted by Gasteiger charge is -2.14. The van der Waals surface area contributed by atoms with Crippen molar-refractivity contribution in [1.82, 2.24) is 5.32 Å². The molecule has 1 atom stereocenters. The molecule has 0 aliphatic carbocycles. The van der Waals surface area contributed by atoms with E-state index in [1.54, 1.807) is 42.5 Å². The number of hydrogen-bond donors (Lipinski definition) is 2. The van der Waals surface area contributed by atoms with Crippen molar-refractivity contribution in [3.63, 3.8) is 0 Å². The van der Waals surface area contributed by atoms with Gasteiger partial charge in [0.05, 0.1) is 11.8 Å². The summed E-state index contributed by atoms with van der Waals surface area (Å²) in [7, 11) is 0. The van der Waals surface area contributed by atoms with Crippen molar-refractivity contribution in [2.24, 2.45) is 0 Å². The number of carbonyl (C=O) groups is 2. The third-order valence-corrected chi connectivity index (χ3v) is 4.46. The van der Waals surface area contributed by atoms with Crippen LogP contribution in [0, 0.1) is 0 Å².